The highest BCUT2D eigenvalue weighted by atomic mass is 16.5. The van der Waals surface area contributed by atoms with Crippen molar-refractivity contribution in [3.8, 4) is 0 Å². The molecule has 0 saturated carbocycles. The average molecular weight is 377 g/mol. The Labute approximate surface area is 165 Å². The fraction of sp³-hybridized carbons (Fsp3) is 0.348. The number of ether oxygens (including phenoxy) is 1. The van der Waals surface area contributed by atoms with Gasteiger partial charge in [0.2, 0.25) is 5.91 Å². The third-order valence-electron chi connectivity index (χ3n) is 5.56. The molecular weight excluding hydrogens is 350 g/mol. The molecule has 1 aliphatic heterocycles. The number of aromatic amines is 1. The fourth-order valence-corrected chi connectivity index (χ4v) is 3.86. The second kappa shape index (κ2) is 8.59. The molecule has 146 valence electrons. The number of carbonyl (C=O) groups is 1. The number of nitrogens with zero attached hydrogens (tertiary/aromatic N) is 1. The predicted molar refractivity (Wildman–Crippen MR) is 111 cm³/mol. The van der Waals surface area contributed by atoms with Gasteiger partial charge in [0, 0.05) is 36.7 Å². The highest BCUT2D eigenvalue weighted by Gasteiger charge is 2.28. The molecule has 4 rings (SSSR count). The topological polar surface area (TPSA) is 57.4 Å². The van der Waals surface area contributed by atoms with Crippen LogP contribution in [0.3, 0.4) is 0 Å². The maximum Gasteiger partial charge on any atom is 0.237 e. The van der Waals surface area contributed by atoms with Gasteiger partial charge >= 0.3 is 0 Å². The van der Waals surface area contributed by atoms with Crippen LogP contribution in [0.15, 0.2) is 60.8 Å². The number of amides is 1. The lowest BCUT2D eigenvalue weighted by Crippen LogP contribution is -2.50. The van der Waals surface area contributed by atoms with Gasteiger partial charge in [0.15, 0.2) is 0 Å². The molecule has 28 heavy (non-hydrogen) atoms. The molecule has 0 radical (unpaired) electrons. The Hall–Kier alpha value is -2.63. The molecular formula is C23H27N3O2. The SMILES string of the molecule is CC(C(=O)NCCc1c[nH]c2ccccc12)N1CCOC(c2ccccc2)C1. The molecule has 2 heterocycles. The molecule has 2 N–H and O–H groups in total. The van der Waals surface area contributed by atoms with Crippen LogP contribution in [0.1, 0.15) is 24.2 Å². The number of aromatic nitrogens is 1. The van der Waals surface area contributed by atoms with Gasteiger partial charge in [-0.25, -0.2) is 0 Å². The van der Waals surface area contributed by atoms with Crippen molar-refractivity contribution in [2.45, 2.75) is 25.5 Å². The number of nitrogens with one attached hydrogen (secondary N) is 2. The third kappa shape index (κ3) is 4.11. The van der Waals surface area contributed by atoms with E-state index in [1.165, 1.54) is 16.5 Å². The van der Waals surface area contributed by atoms with E-state index in [1.54, 1.807) is 0 Å². The van der Waals surface area contributed by atoms with Crippen molar-refractivity contribution < 1.29 is 9.53 Å². The summed E-state index contributed by atoms with van der Waals surface area (Å²) in [4.78, 5) is 18.2. The van der Waals surface area contributed by atoms with Crippen LogP contribution in [0.25, 0.3) is 10.9 Å². The van der Waals surface area contributed by atoms with E-state index in [9.17, 15) is 4.79 Å². The van der Waals surface area contributed by atoms with Crippen LogP contribution in [0, 0.1) is 0 Å². The van der Waals surface area contributed by atoms with Crippen molar-refractivity contribution >= 4 is 16.8 Å². The van der Waals surface area contributed by atoms with Crippen molar-refractivity contribution in [3.63, 3.8) is 0 Å². The van der Waals surface area contributed by atoms with E-state index in [0.717, 1.165) is 25.0 Å². The largest absolute Gasteiger partial charge is 0.371 e. The van der Waals surface area contributed by atoms with Crippen molar-refractivity contribution in [3.05, 3.63) is 71.9 Å². The summed E-state index contributed by atoms with van der Waals surface area (Å²) in [6, 6.07) is 18.3. The van der Waals surface area contributed by atoms with Crippen molar-refractivity contribution in [2.24, 2.45) is 0 Å². The molecule has 1 saturated heterocycles. The van der Waals surface area contributed by atoms with Crippen LogP contribution in [-0.2, 0) is 16.0 Å². The number of hydrogen-bond donors (Lipinski definition) is 2. The number of morpholine rings is 1. The number of rotatable bonds is 6. The molecule has 3 aromatic rings. The Morgan fingerprint density at radius 3 is 2.86 bits per heavy atom. The minimum Gasteiger partial charge on any atom is -0.371 e. The molecule has 1 aliphatic rings. The van der Waals surface area contributed by atoms with Crippen LogP contribution in [-0.4, -0.2) is 48.1 Å². The molecule has 1 fully saturated rings. The van der Waals surface area contributed by atoms with Crippen molar-refractivity contribution in [1.82, 2.24) is 15.2 Å². The zero-order valence-electron chi connectivity index (χ0n) is 16.2. The van der Waals surface area contributed by atoms with E-state index >= 15 is 0 Å². The fourth-order valence-electron chi connectivity index (χ4n) is 3.86. The summed E-state index contributed by atoms with van der Waals surface area (Å²) >= 11 is 0. The van der Waals surface area contributed by atoms with Crippen LogP contribution < -0.4 is 5.32 Å². The van der Waals surface area contributed by atoms with Gasteiger partial charge in [-0.1, -0.05) is 48.5 Å². The lowest BCUT2D eigenvalue weighted by Gasteiger charge is -2.36. The number of carbonyl (C=O) groups excluding carboxylic acids is 1. The number of H-pyrrole nitrogens is 1. The Balaban J connectivity index is 1.30. The Morgan fingerprint density at radius 1 is 1.21 bits per heavy atom. The number of para-hydroxylation sites is 1. The van der Waals surface area contributed by atoms with E-state index in [4.69, 9.17) is 4.74 Å². The standard InChI is InChI=1S/C23H27N3O2/c1-17(26-13-14-28-22(16-26)18-7-3-2-4-8-18)23(27)24-12-11-19-15-25-21-10-6-5-9-20(19)21/h2-10,15,17,22,25H,11-14,16H2,1H3,(H,24,27). The van der Waals surface area contributed by atoms with E-state index in [2.05, 4.69) is 39.5 Å². The van der Waals surface area contributed by atoms with E-state index in [-0.39, 0.29) is 18.1 Å². The summed E-state index contributed by atoms with van der Waals surface area (Å²) in [7, 11) is 0. The van der Waals surface area contributed by atoms with E-state index in [0.29, 0.717) is 13.2 Å². The normalized spacial score (nSPS) is 18.8. The molecule has 5 nitrogen and oxygen atoms in total. The molecule has 1 amide bonds. The minimum atomic E-state index is -0.168. The van der Waals surface area contributed by atoms with Crippen LogP contribution in [0.5, 0.6) is 0 Å². The highest BCUT2D eigenvalue weighted by Crippen LogP contribution is 2.23. The Kier molecular flexibility index (Phi) is 5.74. The molecule has 2 aromatic carbocycles. The quantitative estimate of drug-likeness (QED) is 0.693. The molecule has 0 aliphatic carbocycles. The second-order valence-corrected chi connectivity index (χ2v) is 7.34. The predicted octanol–water partition coefficient (Wildman–Crippen LogP) is 3.29. The number of benzene rings is 2. The van der Waals surface area contributed by atoms with Gasteiger partial charge in [-0.3, -0.25) is 9.69 Å². The Bertz CT molecular complexity index is 922. The minimum absolute atomic E-state index is 0.0245. The zero-order chi connectivity index (χ0) is 19.3. The first kappa shape index (κ1) is 18.7. The van der Waals surface area contributed by atoms with Crippen LogP contribution in [0.4, 0.5) is 0 Å². The molecule has 0 bridgehead atoms. The smallest absolute Gasteiger partial charge is 0.237 e. The summed E-state index contributed by atoms with van der Waals surface area (Å²) in [5, 5.41) is 4.33. The second-order valence-electron chi connectivity index (χ2n) is 7.34. The number of fused-ring (bicyclic) bond motifs is 1. The summed E-state index contributed by atoms with van der Waals surface area (Å²) in [5.74, 6) is 0.0774. The van der Waals surface area contributed by atoms with Gasteiger partial charge < -0.3 is 15.0 Å². The van der Waals surface area contributed by atoms with Gasteiger partial charge in [-0.2, -0.15) is 0 Å². The van der Waals surface area contributed by atoms with Gasteiger partial charge in [0.25, 0.3) is 0 Å². The summed E-state index contributed by atoms with van der Waals surface area (Å²) in [6.07, 6.45) is 2.88. The maximum absolute atomic E-state index is 12.7. The van der Waals surface area contributed by atoms with Crippen molar-refractivity contribution in [2.75, 3.05) is 26.2 Å². The van der Waals surface area contributed by atoms with E-state index in [1.807, 2.05) is 43.5 Å². The van der Waals surface area contributed by atoms with Gasteiger partial charge in [-0.05, 0) is 30.5 Å². The summed E-state index contributed by atoms with van der Waals surface area (Å²) in [6.45, 7) is 4.78. The van der Waals surface area contributed by atoms with Gasteiger partial charge in [0.05, 0.1) is 18.8 Å². The lowest BCUT2D eigenvalue weighted by atomic mass is 10.1. The molecule has 2 unspecified atom stereocenters. The first-order valence-corrected chi connectivity index (χ1v) is 9.95. The average Bonchev–Trinajstić information content (AvgIpc) is 3.17. The molecule has 5 heteroatoms. The monoisotopic (exact) mass is 377 g/mol. The van der Waals surface area contributed by atoms with Crippen LogP contribution in [0.2, 0.25) is 0 Å². The Morgan fingerprint density at radius 2 is 2.00 bits per heavy atom. The molecule has 2 atom stereocenters. The zero-order valence-corrected chi connectivity index (χ0v) is 16.2. The first-order chi connectivity index (χ1) is 13.7. The first-order valence-electron chi connectivity index (χ1n) is 9.95. The highest BCUT2D eigenvalue weighted by molar-refractivity contribution is 5.83. The third-order valence-corrected chi connectivity index (χ3v) is 5.56. The van der Waals surface area contributed by atoms with Gasteiger partial charge in [0.1, 0.15) is 0 Å². The van der Waals surface area contributed by atoms with Gasteiger partial charge in [-0.15, -0.1) is 0 Å². The number of hydrogen-bond acceptors (Lipinski definition) is 3. The maximum atomic E-state index is 12.7. The summed E-state index contributed by atoms with van der Waals surface area (Å²) < 4.78 is 5.92. The molecule has 0 spiro atoms. The molecule has 1 aromatic heterocycles. The van der Waals surface area contributed by atoms with E-state index < -0.39 is 0 Å². The summed E-state index contributed by atoms with van der Waals surface area (Å²) in [5.41, 5.74) is 3.54. The van der Waals surface area contributed by atoms with Crippen LogP contribution >= 0.6 is 0 Å². The lowest BCUT2D eigenvalue weighted by molar-refractivity contribution is -0.129. The van der Waals surface area contributed by atoms with Crippen molar-refractivity contribution in [1.29, 1.82) is 0 Å².